The number of amides is 1. The normalized spacial score (nSPS) is 35.6. The van der Waals surface area contributed by atoms with Crippen LogP contribution in [0.5, 0.6) is 0 Å². The summed E-state index contributed by atoms with van der Waals surface area (Å²) in [6.07, 6.45) is -4.24. The molecule has 0 aliphatic carbocycles. The van der Waals surface area contributed by atoms with E-state index in [2.05, 4.69) is 5.32 Å². The summed E-state index contributed by atoms with van der Waals surface area (Å²) in [5, 5.41) is 40.9. The minimum Gasteiger partial charge on any atom is -0.394 e. The van der Waals surface area contributed by atoms with Crippen molar-refractivity contribution in [3.63, 3.8) is 0 Å². The first-order valence-corrected chi connectivity index (χ1v) is 7.34. The van der Waals surface area contributed by atoms with Gasteiger partial charge in [0.2, 0.25) is 5.91 Å². The summed E-state index contributed by atoms with van der Waals surface area (Å²) >= 11 is 1.16. The highest BCUT2D eigenvalue weighted by atomic mass is 32.2. The molecule has 1 heterocycles. The summed E-state index contributed by atoms with van der Waals surface area (Å²) in [6, 6.07) is -0.833. The number of thioether (sulfide) groups is 1. The van der Waals surface area contributed by atoms with Gasteiger partial charge in [-0.1, -0.05) is 0 Å². The molecule has 1 aliphatic heterocycles. The number of carbonyl (C=O) groups is 1. The lowest BCUT2D eigenvalue weighted by atomic mass is 9.98. The molecule has 1 saturated heterocycles. The second-order valence-electron chi connectivity index (χ2n) is 4.66. The van der Waals surface area contributed by atoms with E-state index >= 15 is 0 Å². The van der Waals surface area contributed by atoms with Crippen LogP contribution in [-0.4, -0.2) is 81.1 Å². The molecule has 0 unspecified atom stereocenters. The van der Waals surface area contributed by atoms with E-state index in [0.717, 1.165) is 11.8 Å². The quantitative estimate of drug-likeness (QED) is 0.304. The fourth-order valence-electron chi connectivity index (χ4n) is 1.89. The van der Waals surface area contributed by atoms with Crippen LogP contribution in [0.4, 0.5) is 0 Å². The van der Waals surface area contributed by atoms with E-state index in [1.807, 2.05) is 0 Å². The molecule has 0 aromatic carbocycles. The third kappa shape index (κ3) is 4.55. The van der Waals surface area contributed by atoms with Gasteiger partial charge in [0.25, 0.3) is 0 Å². The molecule has 9 heteroatoms. The average molecular weight is 310 g/mol. The number of aliphatic hydroxyl groups excluding tert-OH is 4. The van der Waals surface area contributed by atoms with Crippen LogP contribution in [0, 0.1) is 0 Å². The number of hydrogen-bond donors (Lipinski definition) is 6. The Hall–Kier alpha value is -0.420. The molecule has 0 aromatic heterocycles. The zero-order chi connectivity index (χ0) is 15.3. The summed E-state index contributed by atoms with van der Waals surface area (Å²) in [6.45, 7) is 0.911. The van der Waals surface area contributed by atoms with Crippen LogP contribution < -0.4 is 11.1 Å². The molecule has 6 atom stereocenters. The lowest BCUT2D eigenvalue weighted by Gasteiger charge is -2.42. The van der Waals surface area contributed by atoms with Crippen molar-refractivity contribution >= 4 is 17.7 Å². The van der Waals surface area contributed by atoms with Crippen molar-refractivity contribution in [3.05, 3.63) is 0 Å². The van der Waals surface area contributed by atoms with Gasteiger partial charge in [-0.25, -0.2) is 0 Å². The minimum atomic E-state index is -1.30. The number of rotatable bonds is 6. The summed E-state index contributed by atoms with van der Waals surface area (Å²) in [5.74, 6) is -0.129. The predicted molar refractivity (Wildman–Crippen MR) is 72.9 cm³/mol. The maximum absolute atomic E-state index is 11.2. The van der Waals surface area contributed by atoms with Gasteiger partial charge < -0.3 is 36.2 Å². The Balaban J connectivity index is 2.75. The molecule has 0 saturated carbocycles. The van der Waals surface area contributed by atoms with Gasteiger partial charge in [0.05, 0.1) is 18.8 Å². The Morgan fingerprint density at radius 3 is 2.60 bits per heavy atom. The summed E-state index contributed by atoms with van der Waals surface area (Å²) in [7, 11) is 0. The van der Waals surface area contributed by atoms with Crippen molar-refractivity contribution in [2.75, 3.05) is 18.9 Å². The topological polar surface area (TPSA) is 145 Å². The molecule has 1 amide bonds. The zero-order valence-corrected chi connectivity index (χ0v) is 12.0. The number of ether oxygens (including phenoxy) is 1. The van der Waals surface area contributed by atoms with E-state index in [4.69, 9.17) is 15.6 Å². The molecule has 0 radical (unpaired) electrons. The Morgan fingerprint density at radius 1 is 1.45 bits per heavy atom. The fourth-order valence-corrected chi connectivity index (χ4v) is 3.09. The van der Waals surface area contributed by atoms with Crippen molar-refractivity contribution in [1.29, 1.82) is 0 Å². The van der Waals surface area contributed by atoms with Crippen LogP contribution in [0.1, 0.15) is 6.92 Å². The van der Waals surface area contributed by atoms with Gasteiger partial charge in [-0.3, -0.25) is 4.79 Å². The smallest absolute Gasteiger partial charge is 0.217 e. The standard InChI is InChI=1S/C11H22N2O6S/c1-5(15)13-8-10(18)9(17)7(3-14)19-11(8)20-4-6(16)2-12/h6-11,14,16-18H,2-4,12H2,1H3,(H,13,15)/t6-,7-,8-,9-,10-,11-/m1/s1. The molecule has 8 nitrogen and oxygen atoms in total. The molecule has 0 spiro atoms. The van der Waals surface area contributed by atoms with E-state index in [1.165, 1.54) is 6.92 Å². The Kier molecular flexibility index (Phi) is 7.17. The number of nitrogens with one attached hydrogen (secondary N) is 1. The highest BCUT2D eigenvalue weighted by molar-refractivity contribution is 7.99. The molecule has 118 valence electrons. The molecule has 1 rings (SSSR count). The molecular weight excluding hydrogens is 288 g/mol. The predicted octanol–water partition coefficient (Wildman–Crippen LogP) is -3.02. The van der Waals surface area contributed by atoms with Gasteiger partial charge in [0.1, 0.15) is 23.7 Å². The SMILES string of the molecule is CC(=O)N[C@@H]1[C@@H](O)[C@H](O)[C@@H](CO)O[C@@H]1SC[C@H](O)CN. The summed E-state index contributed by atoms with van der Waals surface area (Å²) in [4.78, 5) is 11.2. The van der Waals surface area contributed by atoms with Gasteiger partial charge in [-0.2, -0.15) is 0 Å². The van der Waals surface area contributed by atoms with Gasteiger partial charge in [0.15, 0.2) is 0 Å². The lowest BCUT2D eigenvalue weighted by molar-refractivity contribution is -0.173. The number of carbonyl (C=O) groups excluding carboxylic acids is 1. The van der Waals surface area contributed by atoms with E-state index in [0.29, 0.717) is 0 Å². The van der Waals surface area contributed by atoms with E-state index < -0.39 is 42.5 Å². The second-order valence-corrected chi connectivity index (χ2v) is 5.79. The van der Waals surface area contributed by atoms with Crippen molar-refractivity contribution in [2.24, 2.45) is 5.73 Å². The monoisotopic (exact) mass is 310 g/mol. The van der Waals surface area contributed by atoms with Gasteiger partial charge in [-0.05, 0) is 0 Å². The minimum absolute atomic E-state index is 0.0825. The van der Waals surface area contributed by atoms with Crippen molar-refractivity contribution < 1.29 is 30.0 Å². The molecule has 0 bridgehead atoms. The van der Waals surface area contributed by atoms with E-state index in [9.17, 15) is 20.1 Å². The zero-order valence-electron chi connectivity index (χ0n) is 11.2. The van der Waals surface area contributed by atoms with E-state index in [1.54, 1.807) is 0 Å². The van der Waals surface area contributed by atoms with Crippen molar-refractivity contribution in [2.45, 2.75) is 42.8 Å². The Bertz CT molecular complexity index is 321. The van der Waals surface area contributed by atoms with Crippen LogP contribution in [0.2, 0.25) is 0 Å². The van der Waals surface area contributed by atoms with Gasteiger partial charge in [-0.15, -0.1) is 11.8 Å². The van der Waals surface area contributed by atoms with Crippen LogP contribution in [0.25, 0.3) is 0 Å². The second kappa shape index (κ2) is 8.13. The molecule has 7 N–H and O–H groups in total. The first kappa shape index (κ1) is 17.6. The Labute approximate surface area is 121 Å². The molecule has 20 heavy (non-hydrogen) atoms. The van der Waals surface area contributed by atoms with Crippen molar-refractivity contribution in [3.8, 4) is 0 Å². The Morgan fingerprint density at radius 2 is 2.10 bits per heavy atom. The fraction of sp³-hybridized carbons (Fsp3) is 0.909. The van der Waals surface area contributed by atoms with Crippen LogP contribution in [-0.2, 0) is 9.53 Å². The third-order valence-corrected chi connectivity index (χ3v) is 4.29. The van der Waals surface area contributed by atoms with Gasteiger partial charge >= 0.3 is 0 Å². The first-order valence-electron chi connectivity index (χ1n) is 6.30. The third-order valence-electron chi connectivity index (χ3n) is 2.98. The highest BCUT2D eigenvalue weighted by Gasteiger charge is 2.44. The number of nitrogens with two attached hydrogens (primary N) is 1. The molecule has 1 aliphatic rings. The number of hydrogen-bond acceptors (Lipinski definition) is 8. The summed E-state index contributed by atoms with van der Waals surface area (Å²) < 4.78 is 5.46. The van der Waals surface area contributed by atoms with E-state index in [-0.39, 0.29) is 18.2 Å². The lowest BCUT2D eigenvalue weighted by Crippen LogP contribution is -2.63. The molecule has 0 aromatic rings. The highest BCUT2D eigenvalue weighted by Crippen LogP contribution is 2.28. The van der Waals surface area contributed by atoms with Crippen LogP contribution >= 0.6 is 11.8 Å². The average Bonchev–Trinajstić information content (AvgIpc) is 2.42. The van der Waals surface area contributed by atoms with Crippen molar-refractivity contribution in [1.82, 2.24) is 5.32 Å². The summed E-state index contributed by atoms with van der Waals surface area (Å²) in [5.41, 5.74) is 4.60. The maximum Gasteiger partial charge on any atom is 0.217 e. The maximum atomic E-state index is 11.2. The first-order chi connectivity index (χ1) is 9.40. The van der Waals surface area contributed by atoms with Gasteiger partial charge in [0, 0.05) is 19.2 Å². The molecule has 1 fully saturated rings. The van der Waals surface area contributed by atoms with Crippen LogP contribution in [0.15, 0.2) is 0 Å². The largest absolute Gasteiger partial charge is 0.394 e. The number of aliphatic hydroxyl groups is 4. The van der Waals surface area contributed by atoms with Crippen LogP contribution in [0.3, 0.4) is 0 Å². The molecular formula is C11H22N2O6S.